The molecule has 0 radical (unpaired) electrons. The van der Waals surface area contributed by atoms with Crippen molar-refractivity contribution in [2.45, 2.75) is 11.7 Å². The van der Waals surface area contributed by atoms with Crippen molar-refractivity contribution in [1.29, 1.82) is 0 Å². The minimum Gasteiger partial charge on any atom is -0.311 e. The first kappa shape index (κ1) is 12.4. The van der Waals surface area contributed by atoms with E-state index in [2.05, 4.69) is 20.9 Å². The molecule has 3 nitrogen and oxygen atoms in total. The van der Waals surface area contributed by atoms with E-state index in [4.69, 9.17) is 0 Å². The standard InChI is InChI=1S/C12H11BrN2OS/c1-17-12-14-11(13)10(8-16)15(12)7-9-5-3-2-4-6-9/h2-6,8H,7H2,1H3. The highest BCUT2D eigenvalue weighted by Crippen LogP contribution is 2.23. The summed E-state index contributed by atoms with van der Waals surface area (Å²) in [5.74, 6) is 0. The van der Waals surface area contributed by atoms with E-state index in [1.807, 2.05) is 41.2 Å². The molecule has 0 atom stereocenters. The molecule has 1 aromatic carbocycles. The van der Waals surface area contributed by atoms with Crippen LogP contribution in [0.4, 0.5) is 0 Å². The Morgan fingerprint density at radius 1 is 1.41 bits per heavy atom. The van der Waals surface area contributed by atoms with Crippen LogP contribution in [0.5, 0.6) is 0 Å². The molecule has 0 aliphatic rings. The van der Waals surface area contributed by atoms with E-state index in [0.29, 0.717) is 16.8 Å². The molecule has 17 heavy (non-hydrogen) atoms. The lowest BCUT2D eigenvalue weighted by atomic mass is 10.2. The van der Waals surface area contributed by atoms with Gasteiger partial charge in [0.2, 0.25) is 0 Å². The predicted molar refractivity (Wildman–Crippen MR) is 72.6 cm³/mol. The van der Waals surface area contributed by atoms with Gasteiger partial charge in [0, 0.05) is 0 Å². The quantitative estimate of drug-likeness (QED) is 0.642. The first-order chi connectivity index (χ1) is 8.26. The average Bonchev–Trinajstić information content (AvgIpc) is 2.66. The fourth-order valence-corrected chi connectivity index (χ4v) is 2.76. The normalized spacial score (nSPS) is 10.5. The first-order valence-corrected chi connectivity index (χ1v) is 7.07. The van der Waals surface area contributed by atoms with Crippen LogP contribution in [0, 0.1) is 0 Å². The van der Waals surface area contributed by atoms with Gasteiger partial charge in [0.05, 0.1) is 6.54 Å². The largest absolute Gasteiger partial charge is 0.311 e. The lowest BCUT2D eigenvalue weighted by Gasteiger charge is -2.07. The molecular formula is C12H11BrN2OS. The molecular weight excluding hydrogens is 300 g/mol. The van der Waals surface area contributed by atoms with Gasteiger partial charge in [-0.05, 0) is 27.7 Å². The van der Waals surface area contributed by atoms with Crippen LogP contribution in [-0.4, -0.2) is 22.1 Å². The van der Waals surface area contributed by atoms with Crippen molar-refractivity contribution >= 4 is 34.0 Å². The number of hydrogen-bond donors (Lipinski definition) is 0. The minimum atomic E-state index is 0.582. The van der Waals surface area contributed by atoms with Crippen molar-refractivity contribution in [3.8, 4) is 0 Å². The second-order valence-electron chi connectivity index (χ2n) is 3.46. The molecule has 0 saturated heterocycles. The number of hydrogen-bond acceptors (Lipinski definition) is 3. The number of nitrogens with zero attached hydrogens (tertiary/aromatic N) is 2. The third kappa shape index (κ3) is 2.61. The van der Waals surface area contributed by atoms with Gasteiger partial charge in [-0.3, -0.25) is 4.79 Å². The zero-order chi connectivity index (χ0) is 12.3. The molecule has 2 aromatic rings. The summed E-state index contributed by atoms with van der Waals surface area (Å²) in [6.45, 7) is 0.656. The minimum absolute atomic E-state index is 0.582. The summed E-state index contributed by atoms with van der Waals surface area (Å²) in [6.07, 6.45) is 2.78. The second-order valence-corrected chi connectivity index (χ2v) is 4.99. The second kappa shape index (κ2) is 5.51. The topological polar surface area (TPSA) is 34.9 Å². The van der Waals surface area contributed by atoms with E-state index < -0.39 is 0 Å². The zero-order valence-corrected chi connectivity index (χ0v) is 11.7. The Morgan fingerprint density at radius 2 is 2.12 bits per heavy atom. The van der Waals surface area contributed by atoms with Crippen molar-refractivity contribution < 1.29 is 4.79 Å². The molecule has 88 valence electrons. The van der Waals surface area contributed by atoms with Crippen LogP contribution < -0.4 is 0 Å². The fraction of sp³-hybridized carbons (Fsp3) is 0.167. The maximum absolute atomic E-state index is 11.1. The van der Waals surface area contributed by atoms with Crippen molar-refractivity contribution in [3.05, 3.63) is 46.2 Å². The number of carbonyl (C=O) groups excluding carboxylic acids is 1. The summed E-state index contributed by atoms with van der Waals surface area (Å²) < 4.78 is 2.52. The average molecular weight is 311 g/mol. The fourth-order valence-electron chi connectivity index (χ4n) is 1.60. The van der Waals surface area contributed by atoms with Crippen LogP contribution in [0.3, 0.4) is 0 Å². The van der Waals surface area contributed by atoms with Gasteiger partial charge in [-0.15, -0.1) is 0 Å². The van der Waals surface area contributed by atoms with Crippen molar-refractivity contribution in [2.75, 3.05) is 6.26 Å². The van der Waals surface area contributed by atoms with Gasteiger partial charge < -0.3 is 4.57 Å². The number of aromatic nitrogens is 2. The smallest absolute Gasteiger partial charge is 0.169 e. The molecule has 2 rings (SSSR count). The summed E-state index contributed by atoms with van der Waals surface area (Å²) in [6, 6.07) is 10.0. The summed E-state index contributed by atoms with van der Waals surface area (Å²) >= 11 is 4.83. The zero-order valence-electron chi connectivity index (χ0n) is 9.26. The number of benzene rings is 1. The van der Waals surface area contributed by atoms with Crippen LogP contribution in [0.1, 0.15) is 16.1 Å². The van der Waals surface area contributed by atoms with E-state index in [1.54, 1.807) is 0 Å². The monoisotopic (exact) mass is 310 g/mol. The number of thioether (sulfide) groups is 1. The Hall–Kier alpha value is -1.07. The van der Waals surface area contributed by atoms with Gasteiger partial charge in [-0.1, -0.05) is 42.1 Å². The Labute approximate surface area is 112 Å². The number of rotatable bonds is 4. The predicted octanol–water partition coefficient (Wildman–Crippen LogP) is 3.23. The molecule has 0 saturated carbocycles. The molecule has 0 fully saturated rings. The van der Waals surface area contributed by atoms with Crippen LogP contribution in [0.15, 0.2) is 40.1 Å². The van der Waals surface area contributed by atoms with Gasteiger partial charge in [-0.2, -0.15) is 0 Å². The van der Waals surface area contributed by atoms with E-state index >= 15 is 0 Å². The van der Waals surface area contributed by atoms with Crippen LogP contribution in [-0.2, 0) is 6.54 Å². The molecule has 0 N–H and O–H groups in total. The van der Waals surface area contributed by atoms with E-state index in [1.165, 1.54) is 11.8 Å². The molecule has 5 heteroatoms. The van der Waals surface area contributed by atoms with E-state index in [9.17, 15) is 4.79 Å². The number of carbonyl (C=O) groups is 1. The van der Waals surface area contributed by atoms with Gasteiger partial charge in [-0.25, -0.2) is 4.98 Å². The third-order valence-corrected chi connectivity index (χ3v) is 3.66. The maximum atomic E-state index is 11.1. The van der Waals surface area contributed by atoms with Crippen LogP contribution in [0.2, 0.25) is 0 Å². The molecule has 1 aromatic heterocycles. The third-order valence-electron chi connectivity index (χ3n) is 2.40. The number of imidazole rings is 1. The Kier molecular flexibility index (Phi) is 4.02. The highest BCUT2D eigenvalue weighted by molar-refractivity contribution is 9.10. The molecule has 0 bridgehead atoms. The maximum Gasteiger partial charge on any atom is 0.169 e. The Morgan fingerprint density at radius 3 is 2.71 bits per heavy atom. The SMILES string of the molecule is CSc1nc(Br)c(C=O)n1Cc1ccccc1. The van der Waals surface area contributed by atoms with Gasteiger partial charge in [0.25, 0.3) is 0 Å². The Balaban J connectivity index is 2.40. The van der Waals surface area contributed by atoms with Crippen LogP contribution in [0.25, 0.3) is 0 Å². The highest BCUT2D eigenvalue weighted by Gasteiger charge is 2.14. The van der Waals surface area contributed by atoms with Crippen molar-refractivity contribution in [2.24, 2.45) is 0 Å². The molecule has 0 aliphatic carbocycles. The highest BCUT2D eigenvalue weighted by atomic mass is 79.9. The van der Waals surface area contributed by atoms with Crippen molar-refractivity contribution in [3.63, 3.8) is 0 Å². The van der Waals surface area contributed by atoms with E-state index in [-0.39, 0.29) is 0 Å². The van der Waals surface area contributed by atoms with Gasteiger partial charge in [0.15, 0.2) is 11.4 Å². The first-order valence-electron chi connectivity index (χ1n) is 5.05. The number of aldehydes is 1. The molecule has 0 aliphatic heterocycles. The lowest BCUT2D eigenvalue weighted by molar-refractivity contribution is 0.111. The lowest BCUT2D eigenvalue weighted by Crippen LogP contribution is -2.05. The summed E-state index contributed by atoms with van der Waals surface area (Å²) in [5.41, 5.74) is 1.73. The molecule has 0 amide bonds. The molecule has 0 unspecified atom stereocenters. The van der Waals surface area contributed by atoms with Gasteiger partial charge in [0.1, 0.15) is 10.3 Å². The summed E-state index contributed by atoms with van der Waals surface area (Å²) in [7, 11) is 0. The molecule has 1 heterocycles. The summed E-state index contributed by atoms with van der Waals surface area (Å²) in [4.78, 5) is 15.4. The van der Waals surface area contributed by atoms with Gasteiger partial charge >= 0.3 is 0 Å². The Bertz CT molecular complexity index is 525. The molecule has 0 spiro atoms. The van der Waals surface area contributed by atoms with Crippen molar-refractivity contribution in [1.82, 2.24) is 9.55 Å². The van der Waals surface area contributed by atoms with E-state index in [0.717, 1.165) is 17.0 Å². The summed E-state index contributed by atoms with van der Waals surface area (Å²) in [5, 5.41) is 0.836. The van der Waals surface area contributed by atoms with Crippen LogP contribution >= 0.6 is 27.7 Å². The number of halogens is 1.